The van der Waals surface area contributed by atoms with E-state index < -0.39 is 17.5 Å². The van der Waals surface area contributed by atoms with Crippen LogP contribution in [0, 0.1) is 11.8 Å². The lowest BCUT2D eigenvalue weighted by Gasteiger charge is -2.12. The zero-order valence-electron chi connectivity index (χ0n) is 14.0. The maximum absolute atomic E-state index is 11.6. The lowest BCUT2D eigenvalue weighted by atomic mass is 10.1. The molecular weight excluding hydrogens is 344 g/mol. The van der Waals surface area contributed by atoms with Crippen molar-refractivity contribution in [1.29, 1.82) is 0 Å². The van der Waals surface area contributed by atoms with Crippen molar-refractivity contribution < 1.29 is 24.5 Å². The molecule has 0 aliphatic rings. The molecule has 0 fully saturated rings. The first-order valence-electron chi connectivity index (χ1n) is 8.00. The van der Waals surface area contributed by atoms with Gasteiger partial charge in [-0.3, -0.25) is 0 Å². The van der Waals surface area contributed by atoms with E-state index in [1.165, 1.54) is 18.2 Å². The number of ether oxygens (including phenoxy) is 1. The molecule has 5 nitrogen and oxygen atoms in total. The summed E-state index contributed by atoms with van der Waals surface area (Å²) in [6.45, 7) is 0. The molecule has 0 atom stereocenters. The van der Waals surface area contributed by atoms with Gasteiger partial charge in [-0.2, -0.15) is 0 Å². The molecule has 0 saturated heterocycles. The normalized spacial score (nSPS) is 9.78. The fraction of sp³-hybridized carbons (Fsp3) is 0. The van der Waals surface area contributed by atoms with E-state index in [0.29, 0.717) is 11.3 Å². The molecule has 0 bridgehead atoms. The van der Waals surface area contributed by atoms with Crippen molar-refractivity contribution >= 4 is 11.9 Å². The number of hydrogen-bond donors (Lipinski definition) is 2. The van der Waals surface area contributed by atoms with Crippen molar-refractivity contribution in [2.45, 2.75) is 0 Å². The molecule has 0 amide bonds. The Morgan fingerprint density at radius 1 is 0.704 bits per heavy atom. The number of carboxylic acids is 2. The summed E-state index contributed by atoms with van der Waals surface area (Å²) in [5.41, 5.74) is 0.633. The largest absolute Gasteiger partial charge is 0.478 e. The van der Waals surface area contributed by atoms with Gasteiger partial charge in [0.15, 0.2) is 0 Å². The number of aromatic carboxylic acids is 2. The predicted molar refractivity (Wildman–Crippen MR) is 99.3 cm³/mol. The summed E-state index contributed by atoms with van der Waals surface area (Å²) in [5, 5.41) is 18.7. The van der Waals surface area contributed by atoms with E-state index in [2.05, 4.69) is 11.8 Å². The van der Waals surface area contributed by atoms with Crippen molar-refractivity contribution in [1.82, 2.24) is 0 Å². The Morgan fingerprint density at radius 3 is 2.07 bits per heavy atom. The number of para-hydroxylation sites is 1. The van der Waals surface area contributed by atoms with E-state index >= 15 is 0 Å². The van der Waals surface area contributed by atoms with Gasteiger partial charge in [-0.05, 0) is 36.4 Å². The minimum Gasteiger partial charge on any atom is -0.478 e. The van der Waals surface area contributed by atoms with Crippen LogP contribution in [0.4, 0.5) is 0 Å². The van der Waals surface area contributed by atoms with E-state index in [1.54, 1.807) is 24.3 Å². The average Bonchev–Trinajstić information content (AvgIpc) is 2.67. The van der Waals surface area contributed by atoms with Crippen LogP contribution in [0.25, 0.3) is 0 Å². The van der Waals surface area contributed by atoms with Gasteiger partial charge in [-0.15, -0.1) is 0 Å². The molecular formula is C22H14O5. The van der Waals surface area contributed by atoms with Crippen LogP contribution in [0.1, 0.15) is 31.8 Å². The lowest BCUT2D eigenvalue weighted by Crippen LogP contribution is -2.09. The van der Waals surface area contributed by atoms with Gasteiger partial charge in [-0.1, -0.05) is 48.2 Å². The number of hydrogen-bond acceptors (Lipinski definition) is 3. The third-order valence-corrected chi connectivity index (χ3v) is 3.69. The van der Waals surface area contributed by atoms with Crippen molar-refractivity contribution in [3.63, 3.8) is 0 Å². The Balaban J connectivity index is 2.01. The van der Waals surface area contributed by atoms with Crippen LogP contribution in [0.15, 0.2) is 72.8 Å². The van der Waals surface area contributed by atoms with Crippen molar-refractivity contribution in [3.8, 4) is 23.3 Å². The highest BCUT2D eigenvalue weighted by Crippen LogP contribution is 2.30. The van der Waals surface area contributed by atoms with Crippen molar-refractivity contribution in [2.24, 2.45) is 0 Å². The molecule has 3 rings (SSSR count). The summed E-state index contributed by atoms with van der Waals surface area (Å²) in [7, 11) is 0. The van der Waals surface area contributed by atoms with Gasteiger partial charge < -0.3 is 14.9 Å². The summed E-state index contributed by atoms with van der Waals surface area (Å²) in [6.07, 6.45) is 0. The average molecular weight is 358 g/mol. The Labute approximate surface area is 155 Å². The zero-order chi connectivity index (χ0) is 19.2. The van der Waals surface area contributed by atoms with Crippen molar-refractivity contribution in [3.05, 3.63) is 95.1 Å². The van der Waals surface area contributed by atoms with E-state index in [-0.39, 0.29) is 11.3 Å². The van der Waals surface area contributed by atoms with Gasteiger partial charge in [0.05, 0.1) is 11.1 Å². The second kappa shape index (κ2) is 7.89. The Bertz CT molecular complexity index is 1060. The van der Waals surface area contributed by atoms with Gasteiger partial charge in [-0.25, -0.2) is 9.59 Å². The van der Waals surface area contributed by atoms with Crippen LogP contribution in [0.3, 0.4) is 0 Å². The van der Waals surface area contributed by atoms with Crippen molar-refractivity contribution in [2.75, 3.05) is 0 Å². The monoisotopic (exact) mass is 358 g/mol. The maximum Gasteiger partial charge on any atom is 0.340 e. The summed E-state index contributed by atoms with van der Waals surface area (Å²) < 4.78 is 5.73. The molecule has 0 saturated carbocycles. The van der Waals surface area contributed by atoms with E-state index in [4.69, 9.17) is 4.74 Å². The molecule has 132 valence electrons. The second-order valence-corrected chi connectivity index (χ2v) is 5.50. The van der Waals surface area contributed by atoms with Gasteiger partial charge in [0.1, 0.15) is 17.1 Å². The molecule has 27 heavy (non-hydrogen) atoms. The Kier molecular flexibility index (Phi) is 5.20. The molecule has 3 aromatic rings. The van der Waals surface area contributed by atoms with Crippen LogP contribution >= 0.6 is 0 Å². The van der Waals surface area contributed by atoms with E-state index in [0.717, 1.165) is 5.56 Å². The maximum atomic E-state index is 11.6. The number of carboxylic acid groups (broad SMARTS) is 2. The molecule has 0 spiro atoms. The van der Waals surface area contributed by atoms with Crippen LogP contribution in [-0.4, -0.2) is 22.2 Å². The van der Waals surface area contributed by atoms with Gasteiger partial charge >= 0.3 is 11.9 Å². The van der Waals surface area contributed by atoms with Gasteiger partial charge in [0.2, 0.25) is 0 Å². The SMILES string of the molecule is O=C(O)c1cccc(Oc2ccccc2C#Cc2ccccc2)c1C(=O)O. The second-order valence-electron chi connectivity index (χ2n) is 5.50. The topological polar surface area (TPSA) is 83.8 Å². The molecule has 0 aromatic heterocycles. The fourth-order valence-electron chi connectivity index (χ4n) is 2.45. The third kappa shape index (κ3) is 4.14. The Hall–Kier alpha value is -4.04. The van der Waals surface area contributed by atoms with E-state index in [1.807, 2.05) is 30.3 Å². The summed E-state index contributed by atoms with van der Waals surface area (Å²) in [6, 6.07) is 20.4. The quantitative estimate of drug-likeness (QED) is 0.680. The van der Waals surface area contributed by atoms with Crippen LogP contribution < -0.4 is 4.74 Å². The van der Waals surface area contributed by atoms with Gasteiger partial charge in [0, 0.05) is 5.56 Å². The Morgan fingerprint density at radius 2 is 1.37 bits per heavy atom. The predicted octanol–water partition coefficient (Wildman–Crippen LogP) is 4.28. The zero-order valence-corrected chi connectivity index (χ0v) is 14.0. The highest BCUT2D eigenvalue weighted by atomic mass is 16.5. The molecule has 0 aliphatic carbocycles. The molecule has 0 unspecified atom stereocenters. The van der Waals surface area contributed by atoms with E-state index in [9.17, 15) is 19.8 Å². The molecule has 2 N–H and O–H groups in total. The fourth-order valence-corrected chi connectivity index (χ4v) is 2.45. The van der Waals surface area contributed by atoms with Crippen LogP contribution in [0.2, 0.25) is 0 Å². The lowest BCUT2D eigenvalue weighted by molar-refractivity contribution is 0.0649. The van der Waals surface area contributed by atoms with Crippen LogP contribution in [-0.2, 0) is 0 Å². The first-order valence-corrected chi connectivity index (χ1v) is 8.00. The standard InChI is InChI=1S/C22H14O5/c23-21(24)17-10-6-12-19(20(17)22(25)26)27-18-11-5-4-9-16(18)14-13-15-7-2-1-3-8-15/h1-12H,(H,23,24)(H,25,26). The summed E-state index contributed by atoms with van der Waals surface area (Å²) in [4.78, 5) is 22.9. The molecule has 3 aromatic carbocycles. The highest BCUT2D eigenvalue weighted by Gasteiger charge is 2.21. The first-order chi connectivity index (χ1) is 13.1. The summed E-state index contributed by atoms with van der Waals surface area (Å²) in [5.74, 6) is 3.57. The first kappa shape index (κ1) is 17.8. The summed E-state index contributed by atoms with van der Waals surface area (Å²) >= 11 is 0. The molecule has 0 radical (unpaired) electrons. The highest BCUT2D eigenvalue weighted by molar-refractivity contribution is 6.03. The van der Waals surface area contributed by atoms with Gasteiger partial charge in [0.25, 0.3) is 0 Å². The minimum atomic E-state index is -1.38. The molecule has 0 aliphatic heterocycles. The number of carbonyl (C=O) groups is 2. The number of rotatable bonds is 4. The minimum absolute atomic E-state index is 0.0589. The smallest absolute Gasteiger partial charge is 0.340 e. The third-order valence-electron chi connectivity index (χ3n) is 3.69. The molecule has 5 heteroatoms. The molecule has 0 heterocycles. The van der Waals surface area contributed by atoms with Crippen LogP contribution in [0.5, 0.6) is 11.5 Å². The number of benzene rings is 3.